The van der Waals surface area contributed by atoms with Crippen LogP contribution in [0.2, 0.25) is 0 Å². The molecule has 0 radical (unpaired) electrons. The first kappa shape index (κ1) is 19.6. The van der Waals surface area contributed by atoms with Gasteiger partial charge in [0.05, 0.1) is 16.9 Å². The quantitative estimate of drug-likeness (QED) is 0.356. The molecule has 0 saturated carbocycles. The minimum absolute atomic E-state index is 0.558. The Labute approximate surface area is 177 Å². The van der Waals surface area contributed by atoms with Crippen LogP contribution in [0.4, 0.5) is 0 Å². The lowest BCUT2D eigenvalue weighted by Crippen LogP contribution is -1.86. The number of benzene rings is 3. The summed E-state index contributed by atoms with van der Waals surface area (Å²) in [4.78, 5) is 4.18. The molecule has 3 heteroatoms. The van der Waals surface area contributed by atoms with Gasteiger partial charge in [-0.3, -0.25) is 10.1 Å². The summed E-state index contributed by atoms with van der Waals surface area (Å²) in [5, 5.41) is 8.72. The monoisotopic (exact) mass is 391 g/mol. The predicted octanol–water partition coefficient (Wildman–Crippen LogP) is 7.10. The number of rotatable bonds is 3. The normalized spacial score (nSPS) is 10.6. The second-order valence-corrected chi connectivity index (χ2v) is 7.51. The Balaban J connectivity index is 0.000000181. The average Bonchev–Trinajstić information content (AvgIpc) is 3.31. The van der Waals surface area contributed by atoms with Gasteiger partial charge in [0.2, 0.25) is 0 Å². The summed E-state index contributed by atoms with van der Waals surface area (Å²) < 4.78 is 0. The Bertz CT molecular complexity index is 1140. The summed E-state index contributed by atoms with van der Waals surface area (Å²) in [6.07, 6.45) is 1.81. The van der Waals surface area contributed by atoms with E-state index in [1.807, 2.05) is 48.7 Å². The number of H-pyrrole nitrogens is 1. The van der Waals surface area contributed by atoms with Gasteiger partial charge in [-0.15, -0.1) is 0 Å². The average molecular weight is 392 g/mol. The van der Waals surface area contributed by atoms with Crippen molar-refractivity contribution in [1.82, 2.24) is 15.2 Å². The molecule has 3 aromatic carbocycles. The molecule has 0 spiro atoms. The highest BCUT2D eigenvalue weighted by molar-refractivity contribution is 5.77. The largest absolute Gasteiger partial charge is 0.277 e. The lowest BCUT2D eigenvalue weighted by Gasteiger charge is -2.05. The maximum Gasteiger partial charge on any atom is 0.0927 e. The molecule has 0 amide bonds. The SMILES string of the molecule is CC(C)c1ccc(-c2cc(-c3ccccc3)[nH]n2)cc1.c1ccc2ncccc2c1. The summed E-state index contributed by atoms with van der Waals surface area (Å²) in [6.45, 7) is 4.41. The third kappa shape index (κ3) is 4.64. The van der Waals surface area contributed by atoms with E-state index in [9.17, 15) is 0 Å². The molecule has 0 bridgehead atoms. The second-order valence-electron chi connectivity index (χ2n) is 7.51. The van der Waals surface area contributed by atoms with E-state index in [2.05, 4.69) is 83.6 Å². The summed E-state index contributed by atoms with van der Waals surface area (Å²) in [5.74, 6) is 0.558. The lowest BCUT2D eigenvalue weighted by atomic mass is 10.0. The van der Waals surface area contributed by atoms with Crippen LogP contribution in [0.15, 0.2) is 103 Å². The van der Waals surface area contributed by atoms with Crippen molar-refractivity contribution < 1.29 is 0 Å². The van der Waals surface area contributed by atoms with E-state index in [1.165, 1.54) is 10.9 Å². The zero-order valence-corrected chi connectivity index (χ0v) is 17.3. The number of pyridine rings is 1. The van der Waals surface area contributed by atoms with Gasteiger partial charge >= 0.3 is 0 Å². The number of aromatic amines is 1. The molecule has 0 unspecified atom stereocenters. The first-order chi connectivity index (χ1) is 14.7. The molecule has 5 aromatic rings. The van der Waals surface area contributed by atoms with Gasteiger partial charge in [0.15, 0.2) is 0 Å². The van der Waals surface area contributed by atoms with Gasteiger partial charge in [0, 0.05) is 17.1 Å². The van der Waals surface area contributed by atoms with E-state index >= 15 is 0 Å². The highest BCUT2D eigenvalue weighted by Gasteiger charge is 2.06. The zero-order chi connectivity index (χ0) is 20.8. The Hall–Kier alpha value is -3.72. The van der Waals surface area contributed by atoms with Gasteiger partial charge in [-0.05, 0) is 35.2 Å². The number of nitrogens with zero attached hydrogens (tertiary/aromatic N) is 2. The minimum Gasteiger partial charge on any atom is -0.277 e. The van der Waals surface area contributed by atoms with Crippen LogP contribution in [-0.2, 0) is 0 Å². The van der Waals surface area contributed by atoms with Crippen LogP contribution in [-0.4, -0.2) is 15.2 Å². The molecular weight excluding hydrogens is 366 g/mol. The molecule has 0 fully saturated rings. The highest BCUT2D eigenvalue weighted by Crippen LogP contribution is 2.25. The van der Waals surface area contributed by atoms with Gasteiger partial charge in [-0.25, -0.2) is 0 Å². The van der Waals surface area contributed by atoms with Gasteiger partial charge in [-0.2, -0.15) is 5.10 Å². The van der Waals surface area contributed by atoms with Gasteiger partial charge < -0.3 is 0 Å². The van der Waals surface area contributed by atoms with Crippen molar-refractivity contribution in [2.45, 2.75) is 19.8 Å². The minimum atomic E-state index is 0.558. The van der Waals surface area contributed by atoms with Crippen LogP contribution in [0.25, 0.3) is 33.4 Å². The van der Waals surface area contributed by atoms with E-state index in [-0.39, 0.29) is 0 Å². The molecule has 1 N–H and O–H groups in total. The van der Waals surface area contributed by atoms with Crippen molar-refractivity contribution in [1.29, 1.82) is 0 Å². The van der Waals surface area contributed by atoms with Gasteiger partial charge in [0.1, 0.15) is 0 Å². The fourth-order valence-electron chi connectivity index (χ4n) is 3.29. The van der Waals surface area contributed by atoms with Crippen LogP contribution < -0.4 is 0 Å². The Kier molecular flexibility index (Phi) is 6.00. The predicted molar refractivity (Wildman–Crippen MR) is 125 cm³/mol. The molecule has 3 nitrogen and oxygen atoms in total. The maximum absolute atomic E-state index is 4.41. The van der Waals surface area contributed by atoms with Gasteiger partial charge in [-0.1, -0.05) is 92.7 Å². The van der Waals surface area contributed by atoms with Crippen LogP contribution in [0.3, 0.4) is 0 Å². The molecule has 2 aromatic heterocycles. The van der Waals surface area contributed by atoms with Crippen LogP contribution in [0.1, 0.15) is 25.3 Å². The fourth-order valence-corrected chi connectivity index (χ4v) is 3.29. The molecular formula is C27H25N3. The third-order valence-electron chi connectivity index (χ3n) is 5.05. The van der Waals surface area contributed by atoms with Crippen LogP contribution in [0, 0.1) is 0 Å². The molecule has 30 heavy (non-hydrogen) atoms. The maximum atomic E-state index is 4.41. The van der Waals surface area contributed by atoms with Crippen LogP contribution in [0.5, 0.6) is 0 Å². The number of hydrogen-bond acceptors (Lipinski definition) is 2. The number of nitrogens with one attached hydrogen (secondary N) is 1. The van der Waals surface area contributed by atoms with Gasteiger partial charge in [0.25, 0.3) is 0 Å². The first-order valence-electron chi connectivity index (χ1n) is 10.2. The first-order valence-corrected chi connectivity index (χ1v) is 10.2. The number of fused-ring (bicyclic) bond motifs is 1. The molecule has 0 atom stereocenters. The Morgan fingerprint density at radius 1 is 0.700 bits per heavy atom. The van der Waals surface area contributed by atoms with Crippen molar-refractivity contribution in [2.24, 2.45) is 0 Å². The van der Waals surface area contributed by atoms with Crippen molar-refractivity contribution >= 4 is 10.9 Å². The Morgan fingerprint density at radius 3 is 2.13 bits per heavy atom. The molecule has 0 aliphatic carbocycles. The van der Waals surface area contributed by atoms with E-state index in [0.29, 0.717) is 5.92 Å². The topological polar surface area (TPSA) is 41.6 Å². The van der Waals surface area contributed by atoms with E-state index < -0.39 is 0 Å². The van der Waals surface area contributed by atoms with E-state index in [0.717, 1.165) is 28.0 Å². The summed E-state index contributed by atoms with van der Waals surface area (Å²) >= 11 is 0. The summed E-state index contributed by atoms with van der Waals surface area (Å²) in [6, 6.07) is 33.1. The van der Waals surface area contributed by atoms with E-state index in [4.69, 9.17) is 0 Å². The summed E-state index contributed by atoms with van der Waals surface area (Å²) in [5.41, 5.74) is 6.75. The molecule has 0 aliphatic heterocycles. The highest BCUT2D eigenvalue weighted by atomic mass is 15.1. The number of aromatic nitrogens is 3. The smallest absolute Gasteiger partial charge is 0.0927 e. The number of para-hydroxylation sites is 1. The molecule has 5 rings (SSSR count). The second kappa shape index (κ2) is 9.19. The zero-order valence-electron chi connectivity index (χ0n) is 17.3. The van der Waals surface area contributed by atoms with Crippen LogP contribution >= 0.6 is 0 Å². The van der Waals surface area contributed by atoms with Crippen molar-refractivity contribution in [2.75, 3.05) is 0 Å². The van der Waals surface area contributed by atoms with Crippen molar-refractivity contribution in [3.05, 3.63) is 109 Å². The van der Waals surface area contributed by atoms with E-state index in [1.54, 1.807) is 0 Å². The molecule has 0 aliphatic rings. The Morgan fingerprint density at radius 2 is 1.40 bits per heavy atom. The van der Waals surface area contributed by atoms with Crippen molar-refractivity contribution in [3.8, 4) is 22.5 Å². The molecule has 0 saturated heterocycles. The van der Waals surface area contributed by atoms with Crippen molar-refractivity contribution in [3.63, 3.8) is 0 Å². The lowest BCUT2D eigenvalue weighted by molar-refractivity contribution is 0.867. The fraction of sp³-hybridized carbons (Fsp3) is 0.111. The summed E-state index contributed by atoms with van der Waals surface area (Å²) in [7, 11) is 0. The number of hydrogen-bond donors (Lipinski definition) is 1. The standard InChI is InChI=1S/C18H18N2.C9H7N/c1-13(2)14-8-10-16(11-9-14)18-12-17(19-20-18)15-6-4-3-5-7-15;1-2-6-9-8(4-1)5-3-7-10-9/h3-13H,1-2H3,(H,19,20);1-7H. The third-order valence-corrected chi connectivity index (χ3v) is 5.05. The molecule has 148 valence electrons. The molecule has 2 heterocycles.